The van der Waals surface area contributed by atoms with Crippen LogP contribution >= 0.6 is 0 Å². The zero-order valence-electron chi connectivity index (χ0n) is 22.6. The topological polar surface area (TPSA) is 99.3 Å². The Morgan fingerprint density at radius 1 is 1.27 bits per heavy atom. The Bertz CT molecular complexity index is 1200. The molecule has 10 heteroatoms. The first-order valence-electron chi connectivity index (χ1n) is 12.5. The Labute approximate surface area is 198 Å². The Balaban J connectivity index is 1.56. The Kier molecular flexibility index (Phi) is 4.66. The molecule has 1 fully saturated rings. The largest absolute Gasteiger partial charge is 0.494 e. The fourth-order valence-corrected chi connectivity index (χ4v) is 7.50. The van der Waals surface area contributed by atoms with Crippen molar-refractivity contribution in [2.75, 3.05) is 17.7 Å². The van der Waals surface area contributed by atoms with Crippen molar-refractivity contribution in [3.63, 3.8) is 0 Å². The third kappa shape index (κ3) is 3.60. The van der Waals surface area contributed by atoms with Crippen LogP contribution in [0.15, 0.2) is 18.2 Å². The van der Waals surface area contributed by atoms with E-state index in [1.165, 1.54) is 17.0 Å². The van der Waals surface area contributed by atoms with Crippen LogP contribution in [-0.2, 0) is 16.9 Å². The third-order valence-corrected chi connectivity index (χ3v) is 10.9. The number of hydrogen-bond acceptors (Lipinski definition) is 4. The highest BCUT2D eigenvalue weighted by Crippen LogP contribution is 2.56. The van der Waals surface area contributed by atoms with E-state index in [1.807, 2.05) is 0 Å². The molecular formula is C23H32FN5O3Si. The first-order valence-corrected chi connectivity index (χ1v) is 14.5. The molecule has 0 bridgehead atoms. The molecule has 1 saturated carbocycles. The summed E-state index contributed by atoms with van der Waals surface area (Å²) < 4.78 is 41.4. The molecule has 0 saturated heterocycles. The lowest BCUT2D eigenvalue weighted by atomic mass is 9.83. The van der Waals surface area contributed by atoms with E-state index in [0.717, 1.165) is 25.3 Å². The fourth-order valence-electron chi connectivity index (χ4n) is 4.91. The highest BCUT2D eigenvalue weighted by molar-refractivity contribution is 6.83. The van der Waals surface area contributed by atoms with E-state index in [0.29, 0.717) is 17.1 Å². The van der Waals surface area contributed by atoms with Gasteiger partial charge in [-0.25, -0.2) is 9.18 Å². The van der Waals surface area contributed by atoms with Crippen LogP contribution in [0, 0.1) is 5.82 Å². The van der Waals surface area contributed by atoms with Crippen molar-refractivity contribution in [1.29, 1.82) is 0 Å². The van der Waals surface area contributed by atoms with Gasteiger partial charge in [0.2, 0.25) is 5.91 Å². The lowest BCUT2D eigenvalue weighted by Gasteiger charge is -2.48. The molecule has 2 aromatic rings. The summed E-state index contributed by atoms with van der Waals surface area (Å²) in [6, 6.07) is 3.02. The van der Waals surface area contributed by atoms with Crippen molar-refractivity contribution in [3.8, 4) is 5.75 Å². The summed E-state index contributed by atoms with van der Waals surface area (Å²) in [4.78, 5) is 28.1. The SMILES string of the molecule is [2H]C([2H])([2H])Oc1cccc(F)c1NC(=O)N1Cc2c(NC(=O)C3([Si](C)(C)C)CCC3)n[nH]c2C1(C)C. The van der Waals surface area contributed by atoms with Crippen molar-refractivity contribution >= 4 is 31.5 Å². The van der Waals surface area contributed by atoms with Crippen molar-refractivity contribution in [3.05, 3.63) is 35.3 Å². The van der Waals surface area contributed by atoms with Gasteiger partial charge in [0, 0.05) is 10.6 Å². The van der Waals surface area contributed by atoms with Gasteiger partial charge in [-0.3, -0.25) is 9.89 Å². The van der Waals surface area contributed by atoms with Gasteiger partial charge < -0.3 is 20.3 Å². The minimum atomic E-state index is -2.82. The molecule has 1 aliphatic carbocycles. The van der Waals surface area contributed by atoms with E-state index in [2.05, 4.69) is 40.5 Å². The maximum Gasteiger partial charge on any atom is 0.323 e. The number of rotatable bonds is 5. The second-order valence-electron chi connectivity index (χ2n) is 10.4. The number of para-hydroxylation sites is 1. The van der Waals surface area contributed by atoms with E-state index in [9.17, 15) is 14.0 Å². The van der Waals surface area contributed by atoms with Gasteiger partial charge in [-0.2, -0.15) is 5.10 Å². The van der Waals surface area contributed by atoms with Gasteiger partial charge in [-0.15, -0.1) is 0 Å². The molecule has 3 amide bonds. The number of nitrogens with zero attached hydrogens (tertiary/aromatic N) is 2. The molecule has 1 aromatic carbocycles. The van der Waals surface area contributed by atoms with Crippen molar-refractivity contribution in [2.45, 2.75) is 69.9 Å². The smallest absolute Gasteiger partial charge is 0.323 e. The van der Waals surface area contributed by atoms with Gasteiger partial charge in [-0.05, 0) is 38.8 Å². The first-order chi connectivity index (χ1) is 16.6. The summed E-state index contributed by atoms with van der Waals surface area (Å²) in [5.41, 5.74) is 0.120. The third-order valence-electron chi connectivity index (χ3n) is 7.34. The van der Waals surface area contributed by atoms with Crippen molar-refractivity contribution in [2.24, 2.45) is 0 Å². The summed E-state index contributed by atoms with van der Waals surface area (Å²) >= 11 is 0. The monoisotopic (exact) mass is 476 g/mol. The van der Waals surface area contributed by atoms with Crippen molar-refractivity contribution < 1.29 is 22.8 Å². The standard InChI is InChI=1S/C23H32FN5O3Si/c1-22(2)18-14(13-29(22)21(31)25-17-15(24)9-7-10-16(17)32-3)19(28-27-18)26-20(30)23(11-8-12-23)33(4,5)6/h7,9-10H,8,11-13H2,1-6H3,(H,25,31)(H2,26,27,28,30)/i3D3. The van der Waals surface area contributed by atoms with Gasteiger partial charge in [0.05, 0.1) is 37.0 Å². The van der Waals surface area contributed by atoms with E-state index >= 15 is 0 Å². The molecule has 178 valence electrons. The van der Waals surface area contributed by atoms with E-state index < -0.39 is 32.5 Å². The molecule has 8 nitrogen and oxygen atoms in total. The molecule has 3 N–H and O–H groups in total. The minimum absolute atomic E-state index is 0.0271. The van der Waals surface area contributed by atoms with Crippen LogP contribution in [0.4, 0.5) is 20.7 Å². The van der Waals surface area contributed by atoms with Gasteiger partial charge in [0.15, 0.2) is 11.6 Å². The maximum atomic E-state index is 14.6. The number of ether oxygens (including phenoxy) is 1. The number of aromatic amines is 1. The molecule has 0 atom stereocenters. The number of amides is 3. The minimum Gasteiger partial charge on any atom is -0.494 e. The quantitative estimate of drug-likeness (QED) is 0.526. The van der Waals surface area contributed by atoms with Crippen LogP contribution < -0.4 is 15.4 Å². The predicted molar refractivity (Wildman–Crippen MR) is 128 cm³/mol. The highest BCUT2D eigenvalue weighted by Gasteiger charge is 2.54. The number of carbonyl (C=O) groups is 2. The lowest BCUT2D eigenvalue weighted by Crippen LogP contribution is -2.52. The Morgan fingerprint density at radius 2 is 2.00 bits per heavy atom. The maximum absolute atomic E-state index is 14.6. The zero-order valence-corrected chi connectivity index (χ0v) is 20.6. The second-order valence-corrected chi connectivity index (χ2v) is 15.8. The van der Waals surface area contributed by atoms with Crippen molar-refractivity contribution in [1.82, 2.24) is 15.1 Å². The van der Waals surface area contributed by atoms with Crippen LogP contribution in [0.2, 0.25) is 24.7 Å². The second kappa shape index (κ2) is 7.86. The molecule has 2 aliphatic rings. The Morgan fingerprint density at radius 3 is 2.61 bits per heavy atom. The average Bonchev–Trinajstić information content (AvgIpc) is 3.19. The molecule has 33 heavy (non-hydrogen) atoms. The van der Waals surface area contributed by atoms with E-state index in [4.69, 9.17) is 8.85 Å². The average molecular weight is 477 g/mol. The number of H-pyrrole nitrogens is 1. The van der Waals surface area contributed by atoms with Crippen LogP contribution in [-0.4, -0.2) is 42.1 Å². The van der Waals surface area contributed by atoms with Gasteiger partial charge >= 0.3 is 6.03 Å². The number of nitrogens with one attached hydrogen (secondary N) is 3. The molecule has 0 radical (unpaired) electrons. The summed E-state index contributed by atoms with van der Waals surface area (Å²) in [7, 11) is -4.60. The van der Waals surface area contributed by atoms with Gasteiger partial charge in [0.25, 0.3) is 0 Å². The number of hydrogen-bond donors (Lipinski definition) is 3. The van der Waals surface area contributed by atoms with E-state index in [-0.39, 0.29) is 28.9 Å². The zero-order chi connectivity index (χ0) is 26.7. The van der Waals surface area contributed by atoms with Gasteiger partial charge in [0.1, 0.15) is 11.4 Å². The number of fused-ring (bicyclic) bond motifs is 1. The summed E-state index contributed by atoms with van der Waals surface area (Å²) in [5.74, 6) is -0.765. The normalized spacial score (nSPS) is 20.1. The number of urea groups is 1. The number of carbonyl (C=O) groups excluding carboxylic acids is 2. The van der Waals surface area contributed by atoms with Crippen LogP contribution in [0.5, 0.6) is 5.75 Å². The van der Waals surface area contributed by atoms with Crippen LogP contribution in [0.3, 0.4) is 0 Å². The summed E-state index contributed by atoms with van der Waals surface area (Å²) in [6.07, 6.45) is 2.76. The molecular weight excluding hydrogens is 441 g/mol. The molecule has 0 unspecified atom stereocenters. The van der Waals surface area contributed by atoms with E-state index in [1.54, 1.807) is 13.8 Å². The number of anilines is 2. The summed E-state index contributed by atoms with van der Waals surface area (Å²) in [5, 5.41) is 12.4. The van der Waals surface area contributed by atoms with Crippen LogP contribution in [0.25, 0.3) is 0 Å². The number of halogens is 1. The molecule has 1 aromatic heterocycles. The number of methoxy groups -OCH3 is 1. The molecule has 1 aliphatic heterocycles. The van der Waals surface area contributed by atoms with Gasteiger partial charge in [-0.1, -0.05) is 32.1 Å². The number of benzene rings is 1. The summed E-state index contributed by atoms with van der Waals surface area (Å²) in [6.45, 7) is 10.3. The lowest BCUT2D eigenvalue weighted by molar-refractivity contribution is -0.121. The van der Waals surface area contributed by atoms with Crippen LogP contribution in [0.1, 0.15) is 48.5 Å². The fraction of sp³-hybridized carbons (Fsp3) is 0.522. The predicted octanol–water partition coefficient (Wildman–Crippen LogP) is 5.04. The highest BCUT2D eigenvalue weighted by atomic mass is 28.3. The first kappa shape index (κ1) is 19.6. The Hall–Kier alpha value is -2.88. The molecule has 0 spiro atoms. The molecule has 2 heterocycles. The molecule has 4 rings (SSSR count). The number of aromatic nitrogens is 2.